The summed E-state index contributed by atoms with van der Waals surface area (Å²) in [5.74, 6) is 0. The van der Waals surface area contributed by atoms with Crippen LogP contribution in [0.5, 0.6) is 0 Å². The Labute approximate surface area is 131 Å². The Morgan fingerprint density at radius 2 is 0.864 bits per heavy atom. The van der Waals surface area contributed by atoms with Crippen LogP contribution < -0.4 is 0 Å². The standard InChI is InChI=1S/C16H18O4S2/c1-13(21(17,18)15-9-5-3-6-10-15)14(2)22(19,20)16-11-7-4-8-12-16/h3-14H,1-2H3/t13-,14?/m1/s1. The molecule has 0 fully saturated rings. The van der Waals surface area contributed by atoms with Gasteiger partial charge in [-0.3, -0.25) is 0 Å². The van der Waals surface area contributed by atoms with Gasteiger partial charge in [-0.1, -0.05) is 36.4 Å². The van der Waals surface area contributed by atoms with Crippen molar-refractivity contribution in [3.8, 4) is 0 Å². The second-order valence-corrected chi connectivity index (χ2v) is 9.74. The number of sulfone groups is 2. The van der Waals surface area contributed by atoms with Gasteiger partial charge in [-0.15, -0.1) is 0 Å². The topological polar surface area (TPSA) is 68.3 Å². The maximum absolute atomic E-state index is 12.6. The third-order valence-corrected chi connectivity index (χ3v) is 8.59. The first-order chi connectivity index (χ1) is 10.3. The van der Waals surface area contributed by atoms with Crippen LogP contribution in [0.3, 0.4) is 0 Å². The van der Waals surface area contributed by atoms with Crippen LogP contribution in [0.4, 0.5) is 0 Å². The van der Waals surface area contributed by atoms with Crippen LogP contribution in [0.1, 0.15) is 13.8 Å². The summed E-state index contributed by atoms with van der Waals surface area (Å²) in [6.07, 6.45) is 0. The van der Waals surface area contributed by atoms with E-state index in [1.165, 1.54) is 38.1 Å². The molecule has 2 atom stereocenters. The van der Waals surface area contributed by atoms with E-state index in [2.05, 4.69) is 0 Å². The van der Waals surface area contributed by atoms with Crippen LogP contribution >= 0.6 is 0 Å². The zero-order valence-electron chi connectivity index (χ0n) is 12.4. The lowest BCUT2D eigenvalue weighted by Crippen LogP contribution is -2.35. The van der Waals surface area contributed by atoms with Gasteiger partial charge in [0.15, 0.2) is 19.7 Å². The first-order valence-electron chi connectivity index (χ1n) is 6.86. The Morgan fingerprint density at radius 3 is 1.14 bits per heavy atom. The van der Waals surface area contributed by atoms with Gasteiger partial charge in [0, 0.05) is 0 Å². The summed E-state index contributed by atoms with van der Waals surface area (Å²) in [4.78, 5) is 0.273. The normalized spacial score (nSPS) is 15.2. The molecule has 6 heteroatoms. The third-order valence-electron chi connectivity index (χ3n) is 3.78. The van der Waals surface area contributed by atoms with Crippen molar-refractivity contribution in [3.63, 3.8) is 0 Å². The van der Waals surface area contributed by atoms with Crippen LogP contribution in [0.15, 0.2) is 70.5 Å². The molecule has 2 rings (SSSR count). The molecule has 0 aliphatic carbocycles. The second kappa shape index (κ2) is 6.22. The molecule has 0 amide bonds. The van der Waals surface area contributed by atoms with Crippen LogP contribution in [-0.4, -0.2) is 27.3 Å². The van der Waals surface area contributed by atoms with E-state index < -0.39 is 30.2 Å². The van der Waals surface area contributed by atoms with E-state index >= 15 is 0 Å². The molecule has 2 aromatic carbocycles. The lowest BCUT2D eigenvalue weighted by molar-refractivity contribution is 0.562. The molecule has 0 N–H and O–H groups in total. The highest BCUT2D eigenvalue weighted by Gasteiger charge is 2.36. The Bertz CT molecular complexity index is 753. The summed E-state index contributed by atoms with van der Waals surface area (Å²) >= 11 is 0. The molecule has 0 saturated carbocycles. The lowest BCUT2D eigenvalue weighted by Gasteiger charge is -2.20. The number of rotatable bonds is 5. The van der Waals surface area contributed by atoms with Crippen LogP contribution in [-0.2, 0) is 19.7 Å². The van der Waals surface area contributed by atoms with Crippen molar-refractivity contribution in [3.05, 3.63) is 60.7 Å². The van der Waals surface area contributed by atoms with Crippen molar-refractivity contribution in [1.82, 2.24) is 0 Å². The summed E-state index contributed by atoms with van der Waals surface area (Å²) in [5, 5.41) is -2.08. The molecule has 0 spiro atoms. The summed E-state index contributed by atoms with van der Waals surface area (Å²) in [6.45, 7) is 2.88. The summed E-state index contributed by atoms with van der Waals surface area (Å²) in [6, 6.07) is 15.8. The van der Waals surface area contributed by atoms with Crippen molar-refractivity contribution >= 4 is 19.7 Å². The maximum atomic E-state index is 12.6. The summed E-state index contributed by atoms with van der Waals surface area (Å²) < 4.78 is 50.3. The van der Waals surface area contributed by atoms with E-state index in [0.29, 0.717) is 0 Å². The molecule has 0 radical (unpaired) electrons. The Balaban J connectivity index is 2.40. The van der Waals surface area contributed by atoms with E-state index in [1.807, 2.05) is 0 Å². The Kier molecular flexibility index (Phi) is 4.72. The first kappa shape index (κ1) is 16.7. The molecular weight excluding hydrogens is 320 g/mol. The summed E-state index contributed by atoms with van der Waals surface area (Å²) in [7, 11) is -7.42. The average Bonchev–Trinajstić information content (AvgIpc) is 2.55. The quantitative estimate of drug-likeness (QED) is 0.840. The zero-order chi connectivity index (χ0) is 16.4. The fourth-order valence-corrected chi connectivity index (χ4v) is 5.97. The van der Waals surface area contributed by atoms with Crippen LogP contribution in [0.2, 0.25) is 0 Å². The van der Waals surface area contributed by atoms with Gasteiger partial charge in [0.1, 0.15) is 0 Å². The van der Waals surface area contributed by atoms with Gasteiger partial charge in [0.25, 0.3) is 0 Å². The van der Waals surface area contributed by atoms with E-state index in [9.17, 15) is 16.8 Å². The SMILES string of the molecule is CC([C@@H](C)S(=O)(=O)c1ccccc1)S(=O)(=O)c1ccccc1. The van der Waals surface area contributed by atoms with Crippen molar-refractivity contribution in [2.75, 3.05) is 0 Å². The lowest BCUT2D eigenvalue weighted by atomic mass is 10.3. The zero-order valence-corrected chi connectivity index (χ0v) is 14.0. The van der Waals surface area contributed by atoms with E-state index in [4.69, 9.17) is 0 Å². The van der Waals surface area contributed by atoms with E-state index in [0.717, 1.165) is 0 Å². The first-order valence-corrected chi connectivity index (χ1v) is 9.95. The van der Waals surface area contributed by atoms with E-state index in [1.54, 1.807) is 36.4 Å². The Morgan fingerprint density at radius 1 is 0.591 bits per heavy atom. The monoisotopic (exact) mass is 338 g/mol. The van der Waals surface area contributed by atoms with Crippen molar-refractivity contribution < 1.29 is 16.8 Å². The smallest absolute Gasteiger partial charge is 0.182 e. The predicted octanol–water partition coefficient (Wildman–Crippen LogP) is 2.71. The highest BCUT2D eigenvalue weighted by molar-refractivity contribution is 7.96. The molecule has 0 heterocycles. The third kappa shape index (κ3) is 3.08. The highest BCUT2D eigenvalue weighted by atomic mass is 32.2. The van der Waals surface area contributed by atoms with Gasteiger partial charge >= 0.3 is 0 Å². The van der Waals surface area contributed by atoms with Crippen LogP contribution in [0, 0.1) is 0 Å². The fraction of sp³-hybridized carbons (Fsp3) is 0.250. The molecule has 2 aromatic rings. The number of hydrogen-bond acceptors (Lipinski definition) is 4. The molecule has 0 aliphatic heterocycles. The molecule has 0 aliphatic rings. The maximum Gasteiger partial charge on any atom is 0.182 e. The van der Waals surface area contributed by atoms with Crippen molar-refractivity contribution in [1.29, 1.82) is 0 Å². The minimum Gasteiger partial charge on any atom is -0.223 e. The molecule has 4 nitrogen and oxygen atoms in total. The number of benzene rings is 2. The molecule has 0 bridgehead atoms. The van der Waals surface area contributed by atoms with Gasteiger partial charge in [-0.05, 0) is 38.1 Å². The largest absolute Gasteiger partial charge is 0.223 e. The van der Waals surface area contributed by atoms with Gasteiger partial charge < -0.3 is 0 Å². The van der Waals surface area contributed by atoms with Crippen molar-refractivity contribution in [2.24, 2.45) is 0 Å². The molecular formula is C16H18O4S2. The van der Waals surface area contributed by atoms with Gasteiger partial charge in [0.05, 0.1) is 20.3 Å². The number of hydrogen-bond donors (Lipinski definition) is 0. The average molecular weight is 338 g/mol. The summed E-state index contributed by atoms with van der Waals surface area (Å²) in [5.41, 5.74) is 0. The van der Waals surface area contributed by atoms with Gasteiger partial charge in [-0.25, -0.2) is 16.8 Å². The molecule has 1 unspecified atom stereocenters. The minimum atomic E-state index is -3.71. The van der Waals surface area contributed by atoms with Gasteiger partial charge in [0.2, 0.25) is 0 Å². The van der Waals surface area contributed by atoms with Crippen molar-refractivity contribution in [2.45, 2.75) is 34.1 Å². The molecule has 118 valence electrons. The predicted molar refractivity (Wildman–Crippen MR) is 86.2 cm³/mol. The molecule has 0 saturated heterocycles. The fourth-order valence-electron chi connectivity index (χ4n) is 2.15. The second-order valence-electron chi connectivity index (χ2n) is 5.13. The van der Waals surface area contributed by atoms with E-state index in [-0.39, 0.29) is 9.79 Å². The van der Waals surface area contributed by atoms with Gasteiger partial charge in [-0.2, -0.15) is 0 Å². The molecule has 22 heavy (non-hydrogen) atoms. The molecule has 0 aromatic heterocycles. The highest BCUT2D eigenvalue weighted by Crippen LogP contribution is 2.25. The Hall–Kier alpha value is -1.66. The van der Waals surface area contributed by atoms with Crippen LogP contribution in [0.25, 0.3) is 0 Å². The minimum absolute atomic E-state index is 0.137.